The van der Waals surface area contributed by atoms with E-state index >= 15 is 0 Å². The van der Waals surface area contributed by atoms with Gasteiger partial charge in [-0.05, 0) is 36.2 Å². The standard InChI is InChI=1S/C20H14F5NO3/c1-2-10-3-5-11(6-4-10)28-9-12-7-8-13(29-12)20(27)26-19-17(24)15(22)14(21)16(23)18(19)25/h3-8H,2,9H2,1H3,(H,26,27). The van der Waals surface area contributed by atoms with E-state index in [1.54, 1.807) is 17.4 Å². The van der Waals surface area contributed by atoms with E-state index in [4.69, 9.17) is 9.15 Å². The van der Waals surface area contributed by atoms with Gasteiger partial charge >= 0.3 is 0 Å². The molecule has 0 unspecified atom stereocenters. The quantitative estimate of drug-likeness (QED) is 0.337. The summed E-state index contributed by atoms with van der Waals surface area (Å²) in [6.07, 6.45) is 0.875. The van der Waals surface area contributed by atoms with Crippen molar-refractivity contribution in [3.05, 3.63) is 82.6 Å². The molecule has 3 aromatic rings. The van der Waals surface area contributed by atoms with E-state index < -0.39 is 46.4 Å². The topological polar surface area (TPSA) is 51.5 Å². The highest BCUT2D eigenvalue weighted by molar-refractivity contribution is 6.02. The first kappa shape index (κ1) is 20.4. The van der Waals surface area contributed by atoms with E-state index in [0.717, 1.165) is 12.0 Å². The molecule has 1 aromatic heterocycles. The lowest BCUT2D eigenvalue weighted by molar-refractivity contribution is 0.0991. The molecule has 0 aliphatic rings. The fourth-order valence-corrected chi connectivity index (χ4v) is 2.44. The number of hydrogen-bond donors (Lipinski definition) is 1. The van der Waals surface area contributed by atoms with Gasteiger partial charge in [-0.3, -0.25) is 4.79 Å². The number of carbonyl (C=O) groups is 1. The lowest BCUT2D eigenvalue weighted by atomic mass is 10.2. The SMILES string of the molecule is CCc1ccc(OCc2ccc(C(=O)Nc3c(F)c(F)c(F)c(F)c3F)o2)cc1. The van der Waals surface area contributed by atoms with Crippen LogP contribution < -0.4 is 10.1 Å². The number of furan rings is 1. The Morgan fingerprint density at radius 2 is 1.48 bits per heavy atom. The summed E-state index contributed by atoms with van der Waals surface area (Å²) in [6.45, 7) is 1.97. The Kier molecular flexibility index (Phi) is 5.86. The van der Waals surface area contributed by atoms with Crippen LogP contribution in [0, 0.1) is 29.1 Å². The summed E-state index contributed by atoms with van der Waals surface area (Å²) < 4.78 is 77.5. The summed E-state index contributed by atoms with van der Waals surface area (Å²) in [7, 11) is 0. The van der Waals surface area contributed by atoms with Crippen LogP contribution in [0.1, 0.15) is 28.8 Å². The van der Waals surface area contributed by atoms with E-state index in [1.165, 1.54) is 12.1 Å². The van der Waals surface area contributed by atoms with Crippen LogP contribution in [0.25, 0.3) is 0 Å². The molecule has 0 aliphatic carbocycles. The molecule has 3 rings (SSSR count). The second kappa shape index (κ2) is 8.34. The molecule has 9 heteroatoms. The molecular weight excluding hydrogens is 397 g/mol. The molecular formula is C20H14F5NO3. The number of hydrogen-bond acceptors (Lipinski definition) is 3. The minimum absolute atomic E-state index is 0.0404. The van der Waals surface area contributed by atoms with E-state index in [2.05, 4.69) is 0 Å². The number of amides is 1. The zero-order chi connectivity index (χ0) is 21.1. The molecule has 0 aliphatic heterocycles. The van der Waals surface area contributed by atoms with Gasteiger partial charge in [-0.15, -0.1) is 0 Å². The number of carbonyl (C=O) groups excluding carboxylic acids is 1. The molecule has 4 nitrogen and oxygen atoms in total. The molecule has 29 heavy (non-hydrogen) atoms. The van der Waals surface area contributed by atoms with Crippen LogP contribution in [0.3, 0.4) is 0 Å². The highest BCUT2D eigenvalue weighted by Gasteiger charge is 2.27. The minimum Gasteiger partial charge on any atom is -0.486 e. The van der Waals surface area contributed by atoms with E-state index in [9.17, 15) is 26.7 Å². The maximum Gasteiger partial charge on any atom is 0.291 e. The van der Waals surface area contributed by atoms with Crippen LogP contribution in [0.2, 0.25) is 0 Å². The lowest BCUT2D eigenvalue weighted by Crippen LogP contribution is -2.16. The van der Waals surface area contributed by atoms with E-state index in [0.29, 0.717) is 5.75 Å². The monoisotopic (exact) mass is 411 g/mol. The first-order chi connectivity index (χ1) is 13.8. The van der Waals surface area contributed by atoms with Crippen molar-refractivity contribution in [3.63, 3.8) is 0 Å². The number of anilines is 1. The van der Waals surface area contributed by atoms with Crippen LogP contribution in [0.4, 0.5) is 27.6 Å². The number of ether oxygens (including phenoxy) is 1. The van der Waals surface area contributed by atoms with Crippen molar-refractivity contribution in [2.75, 3.05) is 5.32 Å². The fourth-order valence-electron chi connectivity index (χ4n) is 2.44. The third-order valence-corrected chi connectivity index (χ3v) is 4.05. The van der Waals surface area contributed by atoms with Gasteiger partial charge in [0.1, 0.15) is 23.8 Å². The number of benzene rings is 2. The van der Waals surface area contributed by atoms with Crippen molar-refractivity contribution in [1.82, 2.24) is 0 Å². The first-order valence-electron chi connectivity index (χ1n) is 8.45. The maximum absolute atomic E-state index is 13.7. The van der Waals surface area contributed by atoms with Crippen LogP contribution >= 0.6 is 0 Å². The molecule has 0 radical (unpaired) electrons. The molecule has 1 N–H and O–H groups in total. The van der Waals surface area contributed by atoms with Crippen molar-refractivity contribution in [2.45, 2.75) is 20.0 Å². The first-order valence-corrected chi connectivity index (χ1v) is 8.45. The third kappa shape index (κ3) is 4.23. The minimum atomic E-state index is -2.32. The van der Waals surface area contributed by atoms with E-state index in [1.807, 2.05) is 19.1 Å². The van der Waals surface area contributed by atoms with Crippen LogP contribution in [0.5, 0.6) is 5.75 Å². The summed E-state index contributed by atoms with van der Waals surface area (Å²) in [6, 6.07) is 9.87. The lowest BCUT2D eigenvalue weighted by Gasteiger charge is -2.08. The van der Waals surface area contributed by atoms with Crippen molar-refractivity contribution in [1.29, 1.82) is 0 Å². The van der Waals surface area contributed by atoms with Gasteiger partial charge in [-0.2, -0.15) is 0 Å². The maximum atomic E-state index is 13.7. The predicted octanol–water partition coefficient (Wildman–Crippen LogP) is 5.37. The van der Waals surface area contributed by atoms with Gasteiger partial charge in [-0.1, -0.05) is 19.1 Å². The highest BCUT2D eigenvalue weighted by Crippen LogP contribution is 2.27. The Morgan fingerprint density at radius 1 is 0.897 bits per heavy atom. The Labute approximate surface area is 161 Å². The van der Waals surface area contributed by atoms with Gasteiger partial charge in [-0.25, -0.2) is 22.0 Å². The van der Waals surface area contributed by atoms with Crippen molar-refractivity contribution in [3.8, 4) is 5.75 Å². The van der Waals surface area contributed by atoms with Crippen LogP contribution in [-0.2, 0) is 13.0 Å². The smallest absolute Gasteiger partial charge is 0.291 e. The Bertz CT molecular complexity index is 1020. The molecule has 0 atom stereocenters. The van der Waals surface area contributed by atoms with Crippen LogP contribution in [0.15, 0.2) is 40.8 Å². The van der Waals surface area contributed by atoms with Crippen molar-refractivity contribution in [2.24, 2.45) is 0 Å². The largest absolute Gasteiger partial charge is 0.486 e. The summed E-state index contributed by atoms with van der Waals surface area (Å²) in [5.74, 6) is -11.8. The zero-order valence-corrected chi connectivity index (χ0v) is 15.0. The predicted molar refractivity (Wildman–Crippen MR) is 93.0 cm³/mol. The van der Waals surface area contributed by atoms with Crippen molar-refractivity contribution < 1.29 is 35.9 Å². The molecule has 0 spiro atoms. The van der Waals surface area contributed by atoms with E-state index in [-0.39, 0.29) is 12.4 Å². The molecule has 1 heterocycles. The number of aryl methyl sites for hydroxylation is 1. The molecule has 0 saturated carbocycles. The number of nitrogens with one attached hydrogen (secondary N) is 1. The Balaban J connectivity index is 1.70. The number of halogens is 5. The van der Waals surface area contributed by atoms with Gasteiger partial charge < -0.3 is 14.5 Å². The average molecular weight is 411 g/mol. The molecule has 2 aromatic carbocycles. The summed E-state index contributed by atoms with van der Waals surface area (Å²) >= 11 is 0. The van der Waals surface area contributed by atoms with Gasteiger partial charge in [0.25, 0.3) is 5.91 Å². The molecule has 152 valence electrons. The van der Waals surface area contributed by atoms with Crippen LogP contribution in [-0.4, -0.2) is 5.91 Å². The molecule has 0 fully saturated rings. The van der Waals surface area contributed by atoms with Gasteiger partial charge in [0.15, 0.2) is 29.0 Å². The Hall–Kier alpha value is -3.36. The third-order valence-electron chi connectivity index (χ3n) is 4.05. The second-order valence-electron chi connectivity index (χ2n) is 5.95. The Morgan fingerprint density at radius 3 is 2.07 bits per heavy atom. The molecule has 0 bridgehead atoms. The highest BCUT2D eigenvalue weighted by atomic mass is 19.2. The molecule has 0 saturated heterocycles. The number of rotatable bonds is 6. The normalized spacial score (nSPS) is 10.8. The van der Waals surface area contributed by atoms with Gasteiger partial charge in [0, 0.05) is 0 Å². The fraction of sp³-hybridized carbons (Fsp3) is 0.150. The average Bonchev–Trinajstić information content (AvgIpc) is 3.22. The summed E-state index contributed by atoms with van der Waals surface area (Å²) in [5, 5.41) is 1.63. The van der Waals surface area contributed by atoms with Crippen molar-refractivity contribution >= 4 is 11.6 Å². The zero-order valence-electron chi connectivity index (χ0n) is 15.0. The molecule has 1 amide bonds. The summed E-state index contributed by atoms with van der Waals surface area (Å²) in [5.41, 5.74) is -0.334. The van der Waals surface area contributed by atoms with Gasteiger partial charge in [0.2, 0.25) is 5.82 Å². The van der Waals surface area contributed by atoms with Gasteiger partial charge in [0.05, 0.1) is 0 Å². The second-order valence-corrected chi connectivity index (χ2v) is 5.95. The summed E-state index contributed by atoms with van der Waals surface area (Å²) in [4.78, 5) is 12.1.